The summed E-state index contributed by atoms with van der Waals surface area (Å²) in [5.74, 6) is -0.815. The van der Waals surface area contributed by atoms with Gasteiger partial charge in [-0.1, -0.05) is 0 Å². The molecule has 0 aliphatic heterocycles. The van der Waals surface area contributed by atoms with Crippen LogP contribution in [0.3, 0.4) is 0 Å². The summed E-state index contributed by atoms with van der Waals surface area (Å²) in [4.78, 5) is 9.76. The van der Waals surface area contributed by atoms with E-state index in [-0.39, 0.29) is 23.1 Å². The molecule has 0 radical (unpaired) electrons. The van der Waals surface area contributed by atoms with Crippen LogP contribution in [0.15, 0.2) is 0 Å². The standard InChI is InChI=1S/C3H7NO2S.Cr/c4-2(1-7)3(5)6;/h2,7H,1,4H2,(H,5,6);/q;+2. The van der Waals surface area contributed by atoms with Crippen molar-refractivity contribution in [1.82, 2.24) is 0 Å². The Balaban J connectivity index is 0. The zero-order valence-electron chi connectivity index (χ0n) is 4.07. The summed E-state index contributed by atoms with van der Waals surface area (Å²) in [6.45, 7) is 0. The van der Waals surface area contributed by atoms with Gasteiger partial charge < -0.3 is 10.8 Å². The third kappa shape index (κ3) is 4.47. The van der Waals surface area contributed by atoms with Crippen molar-refractivity contribution in [2.75, 3.05) is 5.75 Å². The van der Waals surface area contributed by atoms with Crippen molar-refractivity contribution in [2.24, 2.45) is 5.73 Å². The summed E-state index contributed by atoms with van der Waals surface area (Å²) in [5.41, 5.74) is 4.94. The minimum absolute atomic E-state index is 0. The van der Waals surface area contributed by atoms with E-state index in [1.54, 1.807) is 0 Å². The summed E-state index contributed by atoms with van der Waals surface area (Å²) in [5, 5.41) is 8.01. The van der Waals surface area contributed by atoms with Gasteiger partial charge in [-0.15, -0.1) is 0 Å². The molecule has 0 aromatic rings. The molecule has 0 fully saturated rings. The van der Waals surface area contributed by atoms with E-state index >= 15 is 0 Å². The molecule has 0 aliphatic rings. The largest absolute Gasteiger partial charge is 2.00 e. The first-order valence-electron chi connectivity index (χ1n) is 1.77. The molecule has 0 heterocycles. The quantitative estimate of drug-likeness (QED) is 0.485. The van der Waals surface area contributed by atoms with Gasteiger partial charge in [0.1, 0.15) is 6.04 Å². The number of carboxylic acid groups (broad SMARTS) is 1. The topological polar surface area (TPSA) is 63.3 Å². The summed E-state index contributed by atoms with van der Waals surface area (Å²) in [6.07, 6.45) is 0. The predicted molar refractivity (Wildman–Crippen MR) is 29.5 cm³/mol. The second-order valence-electron chi connectivity index (χ2n) is 1.13. The fourth-order valence-corrected chi connectivity index (χ4v) is 0.234. The first kappa shape index (κ1) is 11.2. The number of nitrogens with two attached hydrogens (primary N) is 1. The van der Waals surface area contributed by atoms with Crippen LogP contribution in [0.2, 0.25) is 0 Å². The number of hydrogen-bond acceptors (Lipinski definition) is 3. The molecule has 0 amide bonds. The number of thiol groups is 1. The molecule has 0 saturated heterocycles. The van der Waals surface area contributed by atoms with Crippen LogP contribution in [0.1, 0.15) is 0 Å². The third-order valence-corrected chi connectivity index (χ3v) is 0.907. The molecule has 5 heteroatoms. The van der Waals surface area contributed by atoms with Crippen molar-refractivity contribution in [3.63, 3.8) is 0 Å². The Bertz CT molecular complexity index is 79.7. The fraction of sp³-hybridized carbons (Fsp3) is 0.667. The second-order valence-corrected chi connectivity index (χ2v) is 1.49. The Morgan fingerprint density at radius 1 is 1.88 bits per heavy atom. The van der Waals surface area contributed by atoms with Crippen LogP contribution in [0.5, 0.6) is 0 Å². The Morgan fingerprint density at radius 3 is 2.25 bits per heavy atom. The van der Waals surface area contributed by atoms with Crippen LogP contribution < -0.4 is 5.73 Å². The van der Waals surface area contributed by atoms with E-state index in [1.165, 1.54) is 0 Å². The second kappa shape index (κ2) is 5.45. The maximum Gasteiger partial charge on any atom is 2.00 e. The molecule has 0 rings (SSSR count). The first-order valence-corrected chi connectivity index (χ1v) is 2.41. The Labute approximate surface area is 63.8 Å². The number of rotatable bonds is 2. The van der Waals surface area contributed by atoms with Gasteiger partial charge in [-0.05, 0) is 0 Å². The van der Waals surface area contributed by atoms with Gasteiger partial charge in [0, 0.05) is 5.75 Å². The third-order valence-electron chi connectivity index (χ3n) is 0.514. The van der Waals surface area contributed by atoms with Crippen molar-refractivity contribution < 1.29 is 27.3 Å². The first-order chi connectivity index (χ1) is 3.18. The van der Waals surface area contributed by atoms with Gasteiger partial charge in [-0.25, -0.2) is 0 Å². The van der Waals surface area contributed by atoms with Crippen molar-refractivity contribution in [3.8, 4) is 0 Å². The zero-order valence-corrected chi connectivity index (χ0v) is 6.24. The van der Waals surface area contributed by atoms with Crippen LogP contribution in [-0.2, 0) is 22.2 Å². The van der Waals surface area contributed by atoms with Gasteiger partial charge in [-0.3, -0.25) is 4.79 Å². The van der Waals surface area contributed by atoms with E-state index in [4.69, 9.17) is 10.8 Å². The van der Waals surface area contributed by atoms with E-state index in [9.17, 15) is 4.79 Å². The van der Waals surface area contributed by atoms with Crippen molar-refractivity contribution >= 4 is 18.6 Å². The predicted octanol–water partition coefficient (Wildman–Crippen LogP) is -0.674. The van der Waals surface area contributed by atoms with Gasteiger partial charge in [-0.2, -0.15) is 12.6 Å². The fourth-order valence-electron chi connectivity index (χ4n) is 0.0781. The molecule has 1 unspecified atom stereocenters. The van der Waals surface area contributed by atoms with Crippen LogP contribution in [-0.4, -0.2) is 22.9 Å². The molecule has 3 nitrogen and oxygen atoms in total. The minimum Gasteiger partial charge on any atom is -0.480 e. The maximum atomic E-state index is 9.76. The molecule has 0 aliphatic carbocycles. The van der Waals surface area contributed by atoms with E-state index < -0.39 is 12.0 Å². The summed E-state index contributed by atoms with van der Waals surface area (Å²) < 4.78 is 0. The van der Waals surface area contributed by atoms with Gasteiger partial charge >= 0.3 is 23.3 Å². The van der Waals surface area contributed by atoms with Gasteiger partial charge in [0.25, 0.3) is 0 Å². The SMILES string of the molecule is NC(CS)C(=O)O.[Cr+2]. The molecule has 1 atom stereocenters. The molecular weight excluding hydrogens is 166 g/mol. The van der Waals surface area contributed by atoms with E-state index in [0.717, 1.165) is 0 Å². The molecule has 8 heavy (non-hydrogen) atoms. The maximum absolute atomic E-state index is 9.76. The van der Waals surface area contributed by atoms with E-state index in [2.05, 4.69) is 12.6 Å². The number of hydrogen-bond donors (Lipinski definition) is 3. The van der Waals surface area contributed by atoms with Crippen LogP contribution >= 0.6 is 12.6 Å². The van der Waals surface area contributed by atoms with E-state index in [0.29, 0.717) is 0 Å². The van der Waals surface area contributed by atoms with Crippen LogP contribution in [0, 0.1) is 0 Å². The minimum atomic E-state index is -1.00. The average Bonchev–Trinajstić information content (AvgIpc) is 1.65. The van der Waals surface area contributed by atoms with Crippen molar-refractivity contribution in [3.05, 3.63) is 0 Å². The van der Waals surface area contributed by atoms with E-state index in [1.807, 2.05) is 0 Å². The molecule has 0 bridgehead atoms. The van der Waals surface area contributed by atoms with Gasteiger partial charge in [0.05, 0.1) is 0 Å². The number of carboxylic acids is 1. The van der Waals surface area contributed by atoms with Crippen molar-refractivity contribution in [2.45, 2.75) is 6.04 Å². The zero-order chi connectivity index (χ0) is 5.86. The molecule has 46 valence electrons. The van der Waals surface area contributed by atoms with Crippen LogP contribution in [0.25, 0.3) is 0 Å². The molecule has 0 spiro atoms. The summed E-state index contributed by atoms with van der Waals surface area (Å²) in [7, 11) is 0. The smallest absolute Gasteiger partial charge is 0.480 e. The summed E-state index contributed by atoms with van der Waals surface area (Å²) in [6, 6.07) is -0.816. The molecular formula is C3H7CrNO2S+2. The Kier molecular flexibility index (Phi) is 7.60. The summed E-state index contributed by atoms with van der Waals surface area (Å²) >= 11 is 3.65. The van der Waals surface area contributed by atoms with Gasteiger partial charge in [0.15, 0.2) is 0 Å². The van der Waals surface area contributed by atoms with Gasteiger partial charge in [0.2, 0.25) is 0 Å². The molecule has 0 aromatic heterocycles. The van der Waals surface area contributed by atoms with Crippen LogP contribution in [0.4, 0.5) is 0 Å². The normalized spacial score (nSPS) is 11.8. The molecule has 0 aromatic carbocycles. The molecule has 3 N–H and O–H groups in total. The molecule has 0 saturated carbocycles. The number of carbonyl (C=O) groups is 1. The Hall–Kier alpha value is 0.312. The Morgan fingerprint density at radius 2 is 2.25 bits per heavy atom. The average molecular weight is 173 g/mol. The van der Waals surface area contributed by atoms with Crippen molar-refractivity contribution in [1.29, 1.82) is 0 Å². The monoisotopic (exact) mass is 173 g/mol. The number of aliphatic carboxylic acids is 1.